The van der Waals surface area contributed by atoms with Gasteiger partial charge in [-0.2, -0.15) is 5.10 Å². The summed E-state index contributed by atoms with van der Waals surface area (Å²) >= 11 is 0. The van der Waals surface area contributed by atoms with Gasteiger partial charge in [-0.3, -0.25) is 4.79 Å². The Hall–Kier alpha value is -2.83. The number of nitrogens with zero attached hydrogens (tertiary/aromatic N) is 5. The predicted octanol–water partition coefficient (Wildman–Crippen LogP) is 1.44. The van der Waals surface area contributed by atoms with Crippen molar-refractivity contribution in [2.75, 3.05) is 57.2 Å². The van der Waals surface area contributed by atoms with Crippen LogP contribution in [-0.2, 0) is 11.2 Å². The first-order valence-corrected chi connectivity index (χ1v) is 8.73. The predicted molar refractivity (Wildman–Crippen MR) is 102 cm³/mol. The average molecular weight is 355 g/mol. The topological polar surface area (TPSA) is 61.8 Å². The van der Waals surface area contributed by atoms with Crippen LogP contribution in [0.1, 0.15) is 5.56 Å². The number of hydrogen-bond acceptors (Lipinski definition) is 6. The Balaban J connectivity index is 1.59. The summed E-state index contributed by atoms with van der Waals surface area (Å²) in [5.74, 6) is 1.74. The van der Waals surface area contributed by atoms with Crippen LogP contribution in [0.25, 0.3) is 0 Å². The Morgan fingerprint density at radius 1 is 1.19 bits per heavy atom. The molecule has 7 nitrogen and oxygen atoms in total. The number of aromatic nitrogens is 2. The Morgan fingerprint density at radius 2 is 1.92 bits per heavy atom. The third-order valence-corrected chi connectivity index (χ3v) is 4.63. The molecule has 1 amide bonds. The first-order chi connectivity index (χ1) is 12.6. The van der Waals surface area contributed by atoms with E-state index < -0.39 is 0 Å². The molecular weight excluding hydrogens is 330 g/mol. The van der Waals surface area contributed by atoms with Gasteiger partial charge >= 0.3 is 0 Å². The lowest BCUT2D eigenvalue weighted by Crippen LogP contribution is -2.49. The molecule has 7 heteroatoms. The molecule has 0 aliphatic carbocycles. The molecule has 1 saturated heterocycles. The molecule has 0 bridgehead atoms. The van der Waals surface area contributed by atoms with E-state index in [1.807, 2.05) is 54.2 Å². The minimum atomic E-state index is 0.127. The number of piperazine rings is 1. The molecule has 2 heterocycles. The summed E-state index contributed by atoms with van der Waals surface area (Å²) in [4.78, 5) is 18.7. The van der Waals surface area contributed by atoms with Gasteiger partial charge in [0.05, 0.1) is 25.4 Å². The quantitative estimate of drug-likeness (QED) is 0.809. The number of carbonyl (C=O) groups excluding carboxylic acids is 1. The van der Waals surface area contributed by atoms with Gasteiger partial charge in [-0.15, -0.1) is 5.10 Å². The van der Waals surface area contributed by atoms with Gasteiger partial charge < -0.3 is 19.4 Å². The van der Waals surface area contributed by atoms with Crippen molar-refractivity contribution in [2.45, 2.75) is 6.42 Å². The van der Waals surface area contributed by atoms with Crippen LogP contribution in [0.4, 0.5) is 11.5 Å². The molecule has 2 aromatic rings. The van der Waals surface area contributed by atoms with Crippen molar-refractivity contribution in [1.29, 1.82) is 0 Å². The minimum absolute atomic E-state index is 0.127. The van der Waals surface area contributed by atoms with Crippen LogP contribution >= 0.6 is 0 Å². The minimum Gasteiger partial charge on any atom is -0.496 e. The number of ether oxygens (including phenoxy) is 1. The molecule has 0 N–H and O–H groups in total. The third kappa shape index (κ3) is 4.04. The van der Waals surface area contributed by atoms with Gasteiger partial charge in [-0.25, -0.2) is 0 Å². The smallest absolute Gasteiger partial charge is 0.227 e. The second kappa shape index (κ2) is 8.03. The van der Waals surface area contributed by atoms with Crippen molar-refractivity contribution in [2.24, 2.45) is 0 Å². The van der Waals surface area contributed by atoms with Crippen molar-refractivity contribution in [1.82, 2.24) is 15.1 Å². The van der Waals surface area contributed by atoms with Crippen molar-refractivity contribution >= 4 is 17.4 Å². The average Bonchev–Trinajstić information content (AvgIpc) is 2.68. The molecule has 3 rings (SSSR count). The number of rotatable bonds is 5. The molecule has 1 fully saturated rings. The summed E-state index contributed by atoms with van der Waals surface area (Å²) in [6.07, 6.45) is 2.11. The lowest BCUT2D eigenvalue weighted by atomic mass is 10.1. The van der Waals surface area contributed by atoms with E-state index in [1.165, 1.54) is 0 Å². The highest BCUT2D eigenvalue weighted by atomic mass is 16.5. The van der Waals surface area contributed by atoms with Gasteiger partial charge in [-0.1, -0.05) is 18.2 Å². The van der Waals surface area contributed by atoms with E-state index in [1.54, 1.807) is 13.3 Å². The van der Waals surface area contributed by atoms with Crippen LogP contribution in [0.2, 0.25) is 0 Å². The highest BCUT2D eigenvalue weighted by Gasteiger charge is 2.23. The number of amides is 1. The van der Waals surface area contributed by atoms with E-state index in [0.29, 0.717) is 19.5 Å². The summed E-state index contributed by atoms with van der Waals surface area (Å²) in [5, 5.41) is 8.32. The largest absolute Gasteiger partial charge is 0.496 e. The Morgan fingerprint density at radius 3 is 2.62 bits per heavy atom. The fourth-order valence-corrected chi connectivity index (χ4v) is 3.05. The molecule has 0 atom stereocenters. The Labute approximate surface area is 154 Å². The molecule has 1 aliphatic rings. The van der Waals surface area contributed by atoms with Crippen LogP contribution in [0.3, 0.4) is 0 Å². The zero-order chi connectivity index (χ0) is 18.5. The number of hydrogen-bond donors (Lipinski definition) is 0. The first-order valence-electron chi connectivity index (χ1n) is 8.73. The molecule has 1 aliphatic heterocycles. The molecule has 26 heavy (non-hydrogen) atoms. The Kier molecular flexibility index (Phi) is 5.55. The summed E-state index contributed by atoms with van der Waals surface area (Å²) in [6, 6.07) is 9.69. The van der Waals surface area contributed by atoms with E-state index in [2.05, 4.69) is 15.1 Å². The summed E-state index contributed by atoms with van der Waals surface area (Å²) < 4.78 is 5.34. The second-order valence-corrected chi connectivity index (χ2v) is 6.52. The number of carbonyl (C=O) groups is 1. The van der Waals surface area contributed by atoms with E-state index in [0.717, 1.165) is 35.9 Å². The van der Waals surface area contributed by atoms with Crippen LogP contribution in [0.15, 0.2) is 36.5 Å². The summed E-state index contributed by atoms with van der Waals surface area (Å²) in [6.45, 7) is 2.87. The van der Waals surface area contributed by atoms with Crippen LogP contribution < -0.4 is 14.5 Å². The molecule has 0 saturated carbocycles. The third-order valence-electron chi connectivity index (χ3n) is 4.63. The molecule has 1 aromatic carbocycles. The van der Waals surface area contributed by atoms with Gasteiger partial charge in [-0.05, 0) is 6.07 Å². The van der Waals surface area contributed by atoms with Gasteiger partial charge in [0.15, 0.2) is 5.82 Å². The maximum absolute atomic E-state index is 12.6. The molecular formula is C19H25N5O2. The van der Waals surface area contributed by atoms with Gasteiger partial charge in [0.1, 0.15) is 5.75 Å². The maximum Gasteiger partial charge on any atom is 0.227 e. The lowest BCUT2D eigenvalue weighted by Gasteiger charge is -2.35. The highest BCUT2D eigenvalue weighted by molar-refractivity contribution is 5.79. The zero-order valence-electron chi connectivity index (χ0n) is 15.6. The molecule has 0 spiro atoms. The van der Waals surface area contributed by atoms with E-state index in [9.17, 15) is 4.79 Å². The maximum atomic E-state index is 12.6. The normalized spacial score (nSPS) is 14.3. The second-order valence-electron chi connectivity index (χ2n) is 6.52. The summed E-state index contributed by atoms with van der Waals surface area (Å²) in [5.41, 5.74) is 1.94. The van der Waals surface area contributed by atoms with Crippen LogP contribution in [0.5, 0.6) is 5.75 Å². The van der Waals surface area contributed by atoms with Gasteiger partial charge in [0, 0.05) is 51.9 Å². The number of benzene rings is 1. The molecule has 138 valence electrons. The zero-order valence-corrected chi connectivity index (χ0v) is 15.6. The van der Waals surface area contributed by atoms with Crippen LogP contribution in [0, 0.1) is 0 Å². The molecule has 0 radical (unpaired) electrons. The SMILES string of the molecule is COc1ccccc1CC(=O)N1CCN(c2cc(N(C)C)cnn2)CC1. The van der Waals surface area contributed by atoms with E-state index in [4.69, 9.17) is 4.74 Å². The number of para-hydroxylation sites is 1. The number of methoxy groups -OCH3 is 1. The molecule has 1 aromatic heterocycles. The van der Waals surface area contributed by atoms with Crippen molar-refractivity contribution in [3.8, 4) is 5.75 Å². The first kappa shape index (κ1) is 18.0. The Bertz CT molecular complexity index is 757. The number of anilines is 2. The van der Waals surface area contributed by atoms with Gasteiger partial charge in [0.2, 0.25) is 5.91 Å². The van der Waals surface area contributed by atoms with Crippen molar-refractivity contribution in [3.05, 3.63) is 42.1 Å². The van der Waals surface area contributed by atoms with E-state index in [-0.39, 0.29) is 5.91 Å². The van der Waals surface area contributed by atoms with Crippen LogP contribution in [-0.4, -0.2) is 68.4 Å². The van der Waals surface area contributed by atoms with Gasteiger partial charge in [0.25, 0.3) is 0 Å². The lowest BCUT2D eigenvalue weighted by molar-refractivity contribution is -0.130. The van der Waals surface area contributed by atoms with E-state index >= 15 is 0 Å². The standard InChI is InChI=1S/C19H25N5O2/c1-22(2)16-13-18(21-20-14-16)23-8-10-24(11-9-23)19(25)12-15-6-4-5-7-17(15)26-3/h4-7,13-14H,8-12H2,1-3H3. The fraction of sp³-hybridized carbons (Fsp3) is 0.421. The monoisotopic (exact) mass is 355 g/mol. The van der Waals surface area contributed by atoms with Crippen molar-refractivity contribution in [3.63, 3.8) is 0 Å². The summed E-state index contributed by atoms with van der Waals surface area (Å²) in [7, 11) is 5.59. The molecule has 0 unspecified atom stereocenters. The highest BCUT2D eigenvalue weighted by Crippen LogP contribution is 2.21. The van der Waals surface area contributed by atoms with Crippen molar-refractivity contribution < 1.29 is 9.53 Å². The fourth-order valence-electron chi connectivity index (χ4n) is 3.05.